The van der Waals surface area contributed by atoms with Gasteiger partial charge >= 0.3 is 0 Å². The van der Waals surface area contributed by atoms with Crippen LogP contribution >= 0.6 is 0 Å². The maximum absolute atomic E-state index is 12.2. The van der Waals surface area contributed by atoms with Gasteiger partial charge in [0.15, 0.2) is 5.43 Å². The van der Waals surface area contributed by atoms with Gasteiger partial charge < -0.3 is 9.47 Å². The Morgan fingerprint density at radius 2 is 2.05 bits per heavy atom. The van der Waals surface area contributed by atoms with Crippen LogP contribution in [0.5, 0.6) is 0 Å². The predicted molar refractivity (Wildman–Crippen MR) is 78.6 cm³/mol. The molecule has 1 heterocycles. The topological polar surface area (TPSA) is 42.3 Å². The largest absolute Gasteiger partial charge is 0.344 e. The number of pyridine rings is 1. The van der Waals surface area contributed by atoms with E-state index in [2.05, 4.69) is 0 Å². The highest BCUT2D eigenvalue weighted by atomic mass is 16.2. The van der Waals surface area contributed by atoms with Gasteiger partial charge in [0, 0.05) is 31.2 Å². The van der Waals surface area contributed by atoms with Crippen molar-refractivity contribution in [1.29, 1.82) is 0 Å². The van der Waals surface area contributed by atoms with Gasteiger partial charge in [-0.05, 0) is 30.9 Å². The Balaban J connectivity index is 1.85. The molecule has 1 amide bonds. The summed E-state index contributed by atoms with van der Waals surface area (Å²) in [7, 11) is 1.85. The standard InChI is InChI=1S/C16H18N2O2/c1-17(10-12-6-7-12)16(20)11-18-9-8-15(19)13-4-2-3-5-14(13)18/h2-5,8-9,12H,6-7,10-11H2,1H3. The van der Waals surface area contributed by atoms with E-state index in [9.17, 15) is 9.59 Å². The molecule has 0 aliphatic heterocycles. The zero-order chi connectivity index (χ0) is 14.1. The number of hydrogen-bond donors (Lipinski definition) is 0. The van der Waals surface area contributed by atoms with Crippen LogP contribution in [0.25, 0.3) is 10.9 Å². The number of fused-ring (bicyclic) bond motifs is 1. The fourth-order valence-corrected chi connectivity index (χ4v) is 2.45. The maximum Gasteiger partial charge on any atom is 0.242 e. The number of aromatic nitrogens is 1. The molecule has 0 unspecified atom stereocenters. The number of carbonyl (C=O) groups excluding carboxylic acids is 1. The van der Waals surface area contributed by atoms with Crippen molar-refractivity contribution in [3.8, 4) is 0 Å². The van der Waals surface area contributed by atoms with Gasteiger partial charge in [-0.1, -0.05) is 12.1 Å². The van der Waals surface area contributed by atoms with E-state index < -0.39 is 0 Å². The highest BCUT2D eigenvalue weighted by Gasteiger charge is 2.24. The first-order chi connectivity index (χ1) is 9.65. The van der Waals surface area contributed by atoms with Gasteiger partial charge in [-0.2, -0.15) is 0 Å². The fraction of sp³-hybridized carbons (Fsp3) is 0.375. The number of carbonyl (C=O) groups is 1. The summed E-state index contributed by atoms with van der Waals surface area (Å²) < 4.78 is 1.85. The Morgan fingerprint density at radius 1 is 1.30 bits per heavy atom. The molecule has 0 spiro atoms. The van der Waals surface area contributed by atoms with Crippen molar-refractivity contribution in [2.24, 2.45) is 5.92 Å². The minimum atomic E-state index is -0.00404. The normalized spacial score (nSPS) is 14.4. The van der Waals surface area contributed by atoms with Gasteiger partial charge in [-0.15, -0.1) is 0 Å². The Bertz CT molecular complexity index is 701. The molecule has 0 bridgehead atoms. The fourth-order valence-electron chi connectivity index (χ4n) is 2.45. The summed E-state index contributed by atoms with van der Waals surface area (Å²) in [5.41, 5.74) is 0.809. The molecule has 1 aromatic heterocycles. The lowest BCUT2D eigenvalue weighted by molar-refractivity contribution is -0.130. The van der Waals surface area contributed by atoms with Crippen LogP contribution in [0.4, 0.5) is 0 Å². The first-order valence-electron chi connectivity index (χ1n) is 6.97. The number of para-hydroxylation sites is 1. The van der Waals surface area contributed by atoms with Gasteiger partial charge in [0.2, 0.25) is 5.91 Å². The Kier molecular flexibility index (Phi) is 3.30. The van der Waals surface area contributed by atoms with Crippen LogP contribution < -0.4 is 5.43 Å². The van der Waals surface area contributed by atoms with Crippen LogP contribution in [0.3, 0.4) is 0 Å². The van der Waals surface area contributed by atoms with Gasteiger partial charge in [0.1, 0.15) is 6.54 Å². The van der Waals surface area contributed by atoms with Crippen molar-refractivity contribution < 1.29 is 4.79 Å². The molecule has 20 heavy (non-hydrogen) atoms. The number of amides is 1. The highest BCUT2D eigenvalue weighted by molar-refractivity contribution is 5.82. The van der Waals surface area contributed by atoms with Gasteiger partial charge in [-0.25, -0.2) is 0 Å². The van der Waals surface area contributed by atoms with E-state index in [-0.39, 0.29) is 17.9 Å². The zero-order valence-corrected chi connectivity index (χ0v) is 11.6. The number of nitrogens with zero attached hydrogens (tertiary/aromatic N) is 2. The number of likely N-dealkylation sites (N-methyl/N-ethyl adjacent to an activating group) is 1. The van der Waals surface area contributed by atoms with E-state index in [4.69, 9.17) is 0 Å². The predicted octanol–water partition coefficient (Wildman–Crippen LogP) is 1.87. The molecular formula is C16H18N2O2. The van der Waals surface area contributed by atoms with Crippen molar-refractivity contribution in [3.63, 3.8) is 0 Å². The van der Waals surface area contributed by atoms with E-state index in [0.717, 1.165) is 12.1 Å². The summed E-state index contributed by atoms with van der Waals surface area (Å²) >= 11 is 0. The lowest BCUT2D eigenvalue weighted by Crippen LogP contribution is -2.32. The molecule has 1 aliphatic carbocycles. The molecule has 0 radical (unpaired) electrons. The third-order valence-electron chi connectivity index (χ3n) is 3.85. The van der Waals surface area contributed by atoms with Crippen molar-refractivity contribution in [2.45, 2.75) is 19.4 Å². The third-order valence-corrected chi connectivity index (χ3v) is 3.85. The van der Waals surface area contributed by atoms with Crippen molar-refractivity contribution in [2.75, 3.05) is 13.6 Å². The Labute approximate surface area is 117 Å². The highest BCUT2D eigenvalue weighted by Crippen LogP contribution is 2.29. The summed E-state index contributed by atoms with van der Waals surface area (Å²) in [5.74, 6) is 0.778. The molecule has 0 N–H and O–H groups in total. The summed E-state index contributed by atoms with van der Waals surface area (Å²) in [4.78, 5) is 25.8. The summed E-state index contributed by atoms with van der Waals surface area (Å²) in [6.07, 6.45) is 4.17. The smallest absolute Gasteiger partial charge is 0.242 e. The Morgan fingerprint density at radius 3 is 2.80 bits per heavy atom. The van der Waals surface area contributed by atoms with E-state index in [0.29, 0.717) is 11.3 Å². The molecule has 0 saturated heterocycles. The quantitative estimate of drug-likeness (QED) is 0.851. The van der Waals surface area contributed by atoms with Crippen molar-refractivity contribution in [3.05, 3.63) is 46.8 Å². The molecule has 4 heteroatoms. The molecule has 1 saturated carbocycles. The molecule has 1 fully saturated rings. The van der Waals surface area contributed by atoms with Crippen LogP contribution in [0.15, 0.2) is 41.3 Å². The van der Waals surface area contributed by atoms with Crippen LogP contribution in [0, 0.1) is 5.92 Å². The molecule has 1 aromatic carbocycles. The maximum atomic E-state index is 12.2. The Hall–Kier alpha value is -2.10. The first-order valence-corrected chi connectivity index (χ1v) is 6.97. The van der Waals surface area contributed by atoms with Crippen LogP contribution in [0.1, 0.15) is 12.8 Å². The van der Waals surface area contributed by atoms with Crippen LogP contribution in [-0.2, 0) is 11.3 Å². The first kappa shape index (κ1) is 12.9. The minimum Gasteiger partial charge on any atom is -0.344 e. The summed E-state index contributed by atoms with van der Waals surface area (Å²) in [5, 5.41) is 0.660. The average Bonchev–Trinajstić information content (AvgIpc) is 3.26. The molecule has 104 valence electrons. The van der Waals surface area contributed by atoms with E-state index in [1.165, 1.54) is 18.9 Å². The van der Waals surface area contributed by atoms with Crippen molar-refractivity contribution in [1.82, 2.24) is 9.47 Å². The number of benzene rings is 1. The van der Waals surface area contributed by atoms with Crippen LogP contribution in [0.2, 0.25) is 0 Å². The van der Waals surface area contributed by atoms with Crippen molar-refractivity contribution >= 4 is 16.8 Å². The third kappa shape index (κ3) is 2.59. The number of rotatable bonds is 4. The second-order valence-electron chi connectivity index (χ2n) is 5.54. The zero-order valence-electron chi connectivity index (χ0n) is 11.6. The number of hydrogen-bond acceptors (Lipinski definition) is 2. The average molecular weight is 270 g/mol. The summed E-state index contributed by atoms with van der Waals surface area (Å²) in [6.45, 7) is 1.13. The minimum absolute atomic E-state index is 0.00404. The van der Waals surface area contributed by atoms with Gasteiger partial charge in [-0.3, -0.25) is 9.59 Å². The molecule has 3 rings (SSSR count). The molecule has 1 aliphatic rings. The van der Waals surface area contributed by atoms with Gasteiger partial charge in [0.05, 0.1) is 5.52 Å². The second kappa shape index (κ2) is 5.12. The molecule has 2 aromatic rings. The van der Waals surface area contributed by atoms with E-state index >= 15 is 0 Å². The summed E-state index contributed by atoms with van der Waals surface area (Å²) in [6, 6.07) is 8.93. The second-order valence-corrected chi connectivity index (χ2v) is 5.54. The van der Waals surface area contributed by atoms with Crippen LogP contribution in [-0.4, -0.2) is 29.0 Å². The SMILES string of the molecule is CN(CC1CC1)C(=O)Cn1ccc(=O)c2ccccc21. The van der Waals surface area contributed by atoms with E-state index in [1.807, 2.05) is 29.8 Å². The monoisotopic (exact) mass is 270 g/mol. The molecule has 0 atom stereocenters. The molecule has 4 nitrogen and oxygen atoms in total. The lowest BCUT2D eigenvalue weighted by atomic mass is 10.2. The van der Waals surface area contributed by atoms with Gasteiger partial charge in [0.25, 0.3) is 0 Å². The van der Waals surface area contributed by atoms with E-state index in [1.54, 1.807) is 17.2 Å². The molecular weight excluding hydrogens is 252 g/mol. The lowest BCUT2D eigenvalue weighted by Gasteiger charge is -2.18.